The van der Waals surface area contributed by atoms with Gasteiger partial charge in [-0.15, -0.1) is 0 Å². The lowest BCUT2D eigenvalue weighted by atomic mass is 9.99. The number of nitrogens with zero attached hydrogens (tertiary/aromatic N) is 1. The number of unbranched alkanes of at least 4 members (excludes halogenated alkanes) is 1. The van der Waals surface area contributed by atoms with Crippen molar-refractivity contribution in [3.8, 4) is 0 Å². The maximum Gasteiger partial charge on any atom is 0.245 e. The minimum atomic E-state index is -0.324. The zero-order valence-electron chi connectivity index (χ0n) is 11.3. The molecule has 1 aliphatic heterocycles. The number of carbonyl (C=O) groups is 2. The van der Waals surface area contributed by atoms with E-state index in [1.807, 2.05) is 0 Å². The van der Waals surface area contributed by atoms with Crippen LogP contribution in [0.2, 0.25) is 0 Å². The Kier molecular flexibility index (Phi) is 4.97. The van der Waals surface area contributed by atoms with E-state index in [1.165, 1.54) is 0 Å². The van der Waals surface area contributed by atoms with Gasteiger partial charge in [0.25, 0.3) is 0 Å². The second kappa shape index (κ2) is 6.03. The molecule has 98 valence electrons. The average molecular weight is 240 g/mol. The van der Waals surface area contributed by atoms with Crippen LogP contribution in [-0.4, -0.2) is 35.3 Å². The highest BCUT2D eigenvalue weighted by atomic mass is 16.2. The van der Waals surface area contributed by atoms with Gasteiger partial charge >= 0.3 is 0 Å². The van der Waals surface area contributed by atoms with Crippen molar-refractivity contribution in [2.24, 2.45) is 5.92 Å². The molecule has 4 heteroatoms. The smallest absolute Gasteiger partial charge is 0.245 e. The Morgan fingerprint density at radius 1 is 1.35 bits per heavy atom. The summed E-state index contributed by atoms with van der Waals surface area (Å²) in [6.45, 7) is 8.71. The SMILES string of the molecule is CCCCN1C(=O)C(CC(C)C)NC(=O)C1C. The van der Waals surface area contributed by atoms with E-state index in [0.29, 0.717) is 12.5 Å². The van der Waals surface area contributed by atoms with Crippen molar-refractivity contribution in [2.45, 2.75) is 59.0 Å². The van der Waals surface area contributed by atoms with Gasteiger partial charge in [-0.2, -0.15) is 0 Å². The van der Waals surface area contributed by atoms with Crippen molar-refractivity contribution < 1.29 is 9.59 Å². The zero-order chi connectivity index (χ0) is 13.0. The molecule has 1 heterocycles. The Labute approximate surface area is 104 Å². The summed E-state index contributed by atoms with van der Waals surface area (Å²) < 4.78 is 0. The lowest BCUT2D eigenvalue weighted by Crippen LogP contribution is -2.62. The predicted octanol–water partition coefficient (Wildman–Crippen LogP) is 1.55. The molecule has 17 heavy (non-hydrogen) atoms. The van der Waals surface area contributed by atoms with Gasteiger partial charge in [0.15, 0.2) is 0 Å². The van der Waals surface area contributed by atoms with Gasteiger partial charge in [0.1, 0.15) is 12.1 Å². The van der Waals surface area contributed by atoms with Gasteiger partial charge in [-0.25, -0.2) is 0 Å². The van der Waals surface area contributed by atoms with E-state index in [2.05, 4.69) is 26.1 Å². The van der Waals surface area contributed by atoms with Crippen LogP contribution in [0.25, 0.3) is 0 Å². The summed E-state index contributed by atoms with van der Waals surface area (Å²) in [6, 6.07) is -0.645. The third kappa shape index (κ3) is 3.45. The fraction of sp³-hybridized carbons (Fsp3) is 0.846. The first-order valence-electron chi connectivity index (χ1n) is 6.58. The van der Waals surface area contributed by atoms with Crippen molar-refractivity contribution in [3.63, 3.8) is 0 Å². The van der Waals surface area contributed by atoms with Crippen LogP contribution in [0, 0.1) is 5.92 Å². The molecule has 1 aliphatic rings. The molecule has 4 nitrogen and oxygen atoms in total. The van der Waals surface area contributed by atoms with Crippen LogP contribution in [-0.2, 0) is 9.59 Å². The molecule has 0 radical (unpaired) electrons. The van der Waals surface area contributed by atoms with E-state index in [4.69, 9.17) is 0 Å². The quantitative estimate of drug-likeness (QED) is 0.792. The fourth-order valence-corrected chi connectivity index (χ4v) is 2.15. The highest BCUT2D eigenvalue weighted by Crippen LogP contribution is 2.16. The number of nitrogens with one attached hydrogen (secondary N) is 1. The van der Waals surface area contributed by atoms with Crippen LogP contribution in [0.5, 0.6) is 0 Å². The number of amides is 2. The minimum Gasteiger partial charge on any atom is -0.343 e. The average Bonchev–Trinajstić information content (AvgIpc) is 2.25. The number of hydrogen-bond acceptors (Lipinski definition) is 2. The number of carbonyl (C=O) groups excluding carboxylic acids is 2. The maximum atomic E-state index is 12.2. The van der Waals surface area contributed by atoms with E-state index in [0.717, 1.165) is 19.3 Å². The molecule has 0 aromatic rings. The van der Waals surface area contributed by atoms with E-state index >= 15 is 0 Å². The lowest BCUT2D eigenvalue weighted by Gasteiger charge is -2.38. The van der Waals surface area contributed by atoms with Crippen molar-refractivity contribution in [1.29, 1.82) is 0 Å². The van der Waals surface area contributed by atoms with Crippen molar-refractivity contribution in [3.05, 3.63) is 0 Å². The molecule has 0 saturated carbocycles. The number of hydrogen-bond donors (Lipinski definition) is 1. The van der Waals surface area contributed by atoms with Gasteiger partial charge in [0.05, 0.1) is 0 Å². The van der Waals surface area contributed by atoms with E-state index in [9.17, 15) is 9.59 Å². The van der Waals surface area contributed by atoms with Gasteiger partial charge < -0.3 is 10.2 Å². The van der Waals surface area contributed by atoms with Crippen LogP contribution in [0.15, 0.2) is 0 Å². The second-order valence-electron chi connectivity index (χ2n) is 5.25. The zero-order valence-corrected chi connectivity index (χ0v) is 11.3. The molecule has 1 fully saturated rings. The molecule has 1 saturated heterocycles. The number of piperazine rings is 1. The molecule has 0 aromatic carbocycles. The standard InChI is InChI=1S/C13H24N2O2/c1-5-6-7-15-10(4)12(16)14-11(13(15)17)8-9(2)3/h9-11H,5-8H2,1-4H3,(H,14,16). The van der Waals surface area contributed by atoms with Gasteiger partial charge in [0, 0.05) is 6.54 Å². The Morgan fingerprint density at radius 2 is 2.00 bits per heavy atom. The van der Waals surface area contributed by atoms with E-state index in [1.54, 1.807) is 11.8 Å². The molecule has 2 atom stereocenters. The molecular weight excluding hydrogens is 216 g/mol. The molecule has 2 unspecified atom stereocenters. The summed E-state index contributed by atoms with van der Waals surface area (Å²) in [5.41, 5.74) is 0. The largest absolute Gasteiger partial charge is 0.343 e. The van der Waals surface area contributed by atoms with Crippen molar-refractivity contribution >= 4 is 11.8 Å². The predicted molar refractivity (Wildman–Crippen MR) is 67.5 cm³/mol. The summed E-state index contributed by atoms with van der Waals surface area (Å²) in [5, 5.41) is 2.82. The Hall–Kier alpha value is -1.06. The topological polar surface area (TPSA) is 49.4 Å². The summed E-state index contributed by atoms with van der Waals surface area (Å²) >= 11 is 0. The summed E-state index contributed by atoms with van der Waals surface area (Å²) in [6.07, 6.45) is 2.71. The monoisotopic (exact) mass is 240 g/mol. The first-order valence-corrected chi connectivity index (χ1v) is 6.58. The molecule has 1 N–H and O–H groups in total. The highest BCUT2D eigenvalue weighted by molar-refractivity contribution is 5.96. The van der Waals surface area contributed by atoms with E-state index < -0.39 is 0 Å². The molecule has 2 amide bonds. The summed E-state index contributed by atoms with van der Waals surface area (Å²) in [4.78, 5) is 25.8. The Morgan fingerprint density at radius 3 is 2.53 bits per heavy atom. The lowest BCUT2D eigenvalue weighted by molar-refractivity contribution is -0.149. The molecule has 0 spiro atoms. The van der Waals surface area contributed by atoms with Gasteiger partial charge in [-0.3, -0.25) is 9.59 Å². The van der Waals surface area contributed by atoms with Crippen LogP contribution >= 0.6 is 0 Å². The maximum absolute atomic E-state index is 12.2. The summed E-state index contributed by atoms with van der Waals surface area (Å²) in [7, 11) is 0. The van der Waals surface area contributed by atoms with Crippen LogP contribution in [0.4, 0.5) is 0 Å². The first-order chi connectivity index (χ1) is 7.97. The van der Waals surface area contributed by atoms with Crippen LogP contribution < -0.4 is 5.32 Å². The van der Waals surface area contributed by atoms with E-state index in [-0.39, 0.29) is 23.9 Å². The van der Waals surface area contributed by atoms with Gasteiger partial charge in [-0.05, 0) is 25.7 Å². The fourth-order valence-electron chi connectivity index (χ4n) is 2.15. The van der Waals surface area contributed by atoms with Crippen molar-refractivity contribution in [2.75, 3.05) is 6.54 Å². The van der Waals surface area contributed by atoms with Gasteiger partial charge in [-0.1, -0.05) is 27.2 Å². The third-order valence-corrected chi connectivity index (χ3v) is 3.20. The Balaban J connectivity index is 2.72. The molecular formula is C13H24N2O2. The number of rotatable bonds is 5. The summed E-state index contributed by atoms with van der Waals surface area (Å²) in [5.74, 6) is 0.469. The normalized spacial score (nSPS) is 25.4. The first kappa shape index (κ1) is 14.0. The molecule has 0 aromatic heterocycles. The minimum absolute atomic E-state index is 0.0219. The van der Waals surface area contributed by atoms with Crippen LogP contribution in [0.1, 0.15) is 47.0 Å². The van der Waals surface area contributed by atoms with Gasteiger partial charge in [0.2, 0.25) is 11.8 Å². The van der Waals surface area contributed by atoms with Crippen molar-refractivity contribution in [1.82, 2.24) is 10.2 Å². The third-order valence-electron chi connectivity index (χ3n) is 3.20. The highest BCUT2D eigenvalue weighted by Gasteiger charge is 2.37. The molecule has 0 bridgehead atoms. The molecule has 0 aliphatic carbocycles. The van der Waals surface area contributed by atoms with Crippen LogP contribution in [0.3, 0.4) is 0 Å². The second-order valence-corrected chi connectivity index (χ2v) is 5.25. The Bertz CT molecular complexity index is 289. The molecule has 1 rings (SSSR count).